The highest BCUT2D eigenvalue weighted by Gasteiger charge is 2.30. The third kappa shape index (κ3) is 1.82. The van der Waals surface area contributed by atoms with E-state index in [-0.39, 0.29) is 6.04 Å². The molecule has 2 atom stereocenters. The lowest BCUT2D eigenvalue weighted by molar-refractivity contribution is 0.138. The first-order valence-corrected chi connectivity index (χ1v) is 6.09. The maximum atomic E-state index is 6.17. The molecule has 0 bridgehead atoms. The van der Waals surface area contributed by atoms with E-state index in [0.29, 0.717) is 6.04 Å². The van der Waals surface area contributed by atoms with Crippen LogP contribution in [0.25, 0.3) is 0 Å². The molecule has 0 amide bonds. The minimum absolute atomic E-state index is 0.282. The van der Waals surface area contributed by atoms with Gasteiger partial charge < -0.3 is 5.73 Å². The molecule has 0 radical (unpaired) electrons. The van der Waals surface area contributed by atoms with Crippen LogP contribution in [-0.2, 0) is 0 Å². The number of rotatable bonds is 2. The molecule has 0 aliphatic carbocycles. The lowest BCUT2D eigenvalue weighted by atomic mass is 9.96. The summed E-state index contributed by atoms with van der Waals surface area (Å²) in [6.45, 7) is 4.45. The SMILES string of the molecule is CCN1CCCC(N)C1c1cncs1. The zero-order chi connectivity index (χ0) is 9.97. The molecule has 4 heteroatoms. The van der Waals surface area contributed by atoms with Gasteiger partial charge in [0.2, 0.25) is 0 Å². The van der Waals surface area contributed by atoms with Gasteiger partial charge in [0.05, 0.1) is 11.6 Å². The van der Waals surface area contributed by atoms with E-state index in [1.165, 1.54) is 17.8 Å². The highest BCUT2D eigenvalue weighted by molar-refractivity contribution is 7.09. The van der Waals surface area contributed by atoms with E-state index in [4.69, 9.17) is 5.73 Å². The molecule has 1 aliphatic heterocycles. The van der Waals surface area contributed by atoms with Crippen molar-refractivity contribution in [3.63, 3.8) is 0 Å². The fourth-order valence-electron chi connectivity index (χ4n) is 2.22. The Kier molecular flexibility index (Phi) is 3.15. The maximum Gasteiger partial charge on any atom is 0.0794 e. The normalized spacial score (nSPS) is 29.3. The smallest absolute Gasteiger partial charge is 0.0794 e. The van der Waals surface area contributed by atoms with Gasteiger partial charge in [-0.2, -0.15) is 0 Å². The Morgan fingerprint density at radius 3 is 3.21 bits per heavy atom. The van der Waals surface area contributed by atoms with Crippen molar-refractivity contribution in [2.45, 2.75) is 31.8 Å². The molecule has 2 rings (SSSR count). The molecule has 0 spiro atoms. The summed E-state index contributed by atoms with van der Waals surface area (Å²) >= 11 is 1.72. The Morgan fingerprint density at radius 2 is 2.57 bits per heavy atom. The first kappa shape index (κ1) is 10.1. The first-order valence-electron chi connectivity index (χ1n) is 5.21. The summed E-state index contributed by atoms with van der Waals surface area (Å²) < 4.78 is 0. The molecule has 2 heterocycles. The van der Waals surface area contributed by atoms with Gasteiger partial charge in [0.25, 0.3) is 0 Å². The van der Waals surface area contributed by atoms with Gasteiger partial charge >= 0.3 is 0 Å². The highest BCUT2D eigenvalue weighted by atomic mass is 32.1. The Labute approximate surface area is 88.9 Å². The van der Waals surface area contributed by atoms with Crippen molar-refractivity contribution in [2.24, 2.45) is 5.73 Å². The number of piperidine rings is 1. The van der Waals surface area contributed by atoms with E-state index in [0.717, 1.165) is 13.0 Å². The van der Waals surface area contributed by atoms with Gasteiger partial charge in [-0.25, -0.2) is 0 Å². The minimum Gasteiger partial charge on any atom is -0.326 e. The van der Waals surface area contributed by atoms with Gasteiger partial charge in [-0.15, -0.1) is 11.3 Å². The molecule has 2 unspecified atom stereocenters. The van der Waals surface area contributed by atoms with E-state index in [2.05, 4.69) is 16.8 Å². The zero-order valence-corrected chi connectivity index (χ0v) is 9.33. The fraction of sp³-hybridized carbons (Fsp3) is 0.700. The van der Waals surface area contributed by atoms with Crippen LogP contribution < -0.4 is 5.73 Å². The fourth-order valence-corrected chi connectivity index (χ4v) is 3.04. The van der Waals surface area contributed by atoms with Gasteiger partial charge in [0.1, 0.15) is 0 Å². The van der Waals surface area contributed by atoms with E-state index in [1.807, 2.05) is 11.7 Å². The summed E-state index contributed by atoms with van der Waals surface area (Å²) in [5.74, 6) is 0. The molecule has 0 aromatic carbocycles. The molecule has 0 saturated carbocycles. The minimum atomic E-state index is 0.282. The largest absolute Gasteiger partial charge is 0.326 e. The van der Waals surface area contributed by atoms with Gasteiger partial charge in [-0.05, 0) is 25.9 Å². The average Bonchev–Trinajstić information content (AvgIpc) is 2.70. The second kappa shape index (κ2) is 4.38. The van der Waals surface area contributed by atoms with Crippen LogP contribution in [0, 0.1) is 0 Å². The molecular weight excluding hydrogens is 194 g/mol. The zero-order valence-electron chi connectivity index (χ0n) is 8.52. The van der Waals surface area contributed by atoms with Crippen LogP contribution in [0.3, 0.4) is 0 Å². The molecule has 1 aliphatic rings. The van der Waals surface area contributed by atoms with Crippen LogP contribution in [-0.4, -0.2) is 29.0 Å². The van der Waals surface area contributed by atoms with Crippen molar-refractivity contribution in [1.82, 2.24) is 9.88 Å². The summed E-state index contributed by atoms with van der Waals surface area (Å²) in [5, 5.41) is 0. The molecule has 1 saturated heterocycles. The van der Waals surface area contributed by atoms with Crippen LogP contribution >= 0.6 is 11.3 Å². The molecular formula is C10H17N3S. The lowest BCUT2D eigenvalue weighted by Gasteiger charge is -2.38. The van der Waals surface area contributed by atoms with Crippen molar-refractivity contribution < 1.29 is 0 Å². The summed E-state index contributed by atoms with van der Waals surface area (Å²) in [4.78, 5) is 7.92. The summed E-state index contributed by atoms with van der Waals surface area (Å²) in [5.41, 5.74) is 8.07. The lowest BCUT2D eigenvalue weighted by Crippen LogP contribution is -2.45. The van der Waals surface area contributed by atoms with E-state index in [9.17, 15) is 0 Å². The molecule has 14 heavy (non-hydrogen) atoms. The summed E-state index contributed by atoms with van der Waals surface area (Å²) in [6, 6.07) is 0.686. The molecule has 78 valence electrons. The van der Waals surface area contributed by atoms with Crippen molar-refractivity contribution in [2.75, 3.05) is 13.1 Å². The molecule has 1 aromatic rings. The molecule has 1 aromatic heterocycles. The van der Waals surface area contributed by atoms with E-state index < -0.39 is 0 Å². The molecule has 1 fully saturated rings. The predicted molar refractivity (Wildman–Crippen MR) is 59.3 cm³/mol. The topological polar surface area (TPSA) is 42.1 Å². The van der Waals surface area contributed by atoms with Gasteiger partial charge in [0.15, 0.2) is 0 Å². The summed E-state index contributed by atoms with van der Waals surface area (Å²) in [6.07, 6.45) is 4.33. The van der Waals surface area contributed by atoms with Crippen LogP contribution in [0.1, 0.15) is 30.7 Å². The first-order chi connectivity index (χ1) is 6.83. The third-order valence-electron chi connectivity index (χ3n) is 2.93. The average molecular weight is 211 g/mol. The number of aromatic nitrogens is 1. The standard InChI is InChI=1S/C10H17N3S/c1-2-13-5-3-4-8(11)10(13)9-6-12-7-14-9/h6-8,10H,2-5,11H2,1H3. The van der Waals surface area contributed by atoms with Crippen LogP contribution in [0.5, 0.6) is 0 Å². The number of hydrogen-bond acceptors (Lipinski definition) is 4. The van der Waals surface area contributed by atoms with Crippen molar-refractivity contribution in [1.29, 1.82) is 0 Å². The van der Waals surface area contributed by atoms with Crippen molar-refractivity contribution >= 4 is 11.3 Å². The Hall–Kier alpha value is -0.450. The highest BCUT2D eigenvalue weighted by Crippen LogP contribution is 2.31. The van der Waals surface area contributed by atoms with Gasteiger partial charge in [-0.3, -0.25) is 9.88 Å². The number of likely N-dealkylation sites (tertiary alicyclic amines) is 1. The molecule has 3 nitrogen and oxygen atoms in total. The third-order valence-corrected chi connectivity index (χ3v) is 3.78. The Bertz CT molecular complexity index is 273. The number of hydrogen-bond donors (Lipinski definition) is 1. The number of likely N-dealkylation sites (N-methyl/N-ethyl adjacent to an activating group) is 1. The number of nitrogens with zero attached hydrogens (tertiary/aromatic N) is 2. The van der Waals surface area contributed by atoms with Crippen molar-refractivity contribution in [3.8, 4) is 0 Å². The quantitative estimate of drug-likeness (QED) is 0.808. The van der Waals surface area contributed by atoms with E-state index >= 15 is 0 Å². The van der Waals surface area contributed by atoms with Gasteiger partial charge in [-0.1, -0.05) is 6.92 Å². The maximum absolute atomic E-state index is 6.17. The van der Waals surface area contributed by atoms with Crippen LogP contribution in [0.4, 0.5) is 0 Å². The van der Waals surface area contributed by atoms with Crippen molar-refractivity contribution in [3.05, 3.63) is 16.6 Å². The molecule has 2 N–H and O–H groups in total. The number of nitrogens with two attached hydrogens (primary N) is 1. The Balaban J connectivity index is 2.19. The number of thiazole rings is 1. The predicted octanol–water partition coefficient (Wildman–Crippen LogP) is 1.63. The second-order valence-electron chi connectivity index (χ2n) is 3.78. The van der Waals surface area contributed by atoms with Gasteiger partial charge in [0, 0.05) is 17.1 Å². The van der Waals surface area contributed by atoms with Crippen LogP contribution in [0.2, 0.25) is 0 Å². The second-order valence-corrected chi connectivity index (χ2v) is 4.70. The monoisotopic (exact) mass is 211 g/mol. The van der Waals surface area contributed by atoms with E-state index in [1.54, 1.807) is 11.3 Å². The Morgan fingerprint density at radius 1 is 1.71 bits per heavy atom. The summed E-state index contributed by atoms with van der Waals surface area (Å²) in [7, 11) is 0. The van der Waals surface area contributed by atoms with Crippen LogP contribution in [0.15, 0.2) is 11.7 Å².